The molecule has 1 rings (SSSR count). The molecule has 1 aliphatic carbocycles. The fourth-order valence-corrected chi connectivity index (χ4v) is 3.65. The molecule has 0 heterocycles. The van der Waals surface area contributed by atoms with E-state index >= 15 is 0 Å². The number of rotatable bonds is 8. The second-order valence-electron chi connectivity index (χ2n) is 6.75. The van der Waals surface area contributed by atoms with E-state index in [-0.39, 0.29) is 5.54 Å². The van der Waals surface area contributed by atoms with E-state index in [2.05, 4.69) is 38.3 Å². The molecule has 114 valence electrons. The van der Waals surface area contributed by atoms with Gasteiger partial charge in [0.25, 0.3) is 0 Å². The van der Waals surface area contributed by atoms with Gasteiger partial charge in [-0.2, -0.15) is 0 Å². The Hall–Kier alpha value is -0.120. The highest BCUT2D eigenvalue weighted by Crippen LogP contribution is 2.38. The number of nitrogens with two attached hydrogens (primary N) is 1. The summed E-state index contributed by atoms with van der Waals surface area (Å²) in [5.74, 6) is 6.78. The second kappa shape index (κ2) is 8.23. The third kappa shape index (κ3) is 4.44. The van der Waals surface area contributed by atoms with Crippen LogP contribution < -0.4 is 11.3 Å². The van der Waals surface area contributed by atoms with Crippen LogP contribution in [0.15, 0.2) is 0 Å². The van der Waals surface area contributed by atoms with Gasteiger partial charge in [-0.1, -0.05) is 39.5 Å². The van der Waals surface area contributed by atoms with Crippen molar-refractivity contribution in [3.05, 3.63) is 0 Å². The summed E-state index contributed by atoms with van der Waals surface area (Å²) in [5, 5.41) is 0. The van der Waals surface area contributed by atoms with Gasteiger partial charge in [-0.25, -0.2) is 0 Å². The van der Waals surface area contributed by atoms with Crippen LogP contribution in [0.5, 0.6) is 0 Å². The van der Waals surface area contributed by atoms with Crippen molar-refractivity contribution in [2.45, 2.75) is 83.2 Å². The molecule has 3 nitrogen and oxygen atoms in total. The van der Waals surface area contributed by atoms with Crippen LogP contribution in [-0.4, -0.2) is 30.6 Å². The van der Waals surface area contributed by atoms with Crippen LogP contribution in [0.25, 0.3) is 0 Å². The van der Waals surface area contributed by atoms with Crippen molar-refractivity contribution in [3.8, 4) is 0 Å². The van der Waals surface area contributed by atoms with Gasteiger partial charge >= 0.3 is 0 Å². The van der Waals surface area contributed by atoms with E-state index in [1.54, 1.807) is 0 Å². The minimum Gasteiger partial charge on any atom is -0.302 e. The van der Waals surface area contributed by atoms with Gasteiger partial charge in [0, 0.05) is 11.6 Å². The Morgan fingerprint density at radius 1 is 1.21 bits per heavy atom. The quantitative estimate of drug-likeness (QED) is 0.403. The molecule has 3 N–H and O–H groups in total. The number of nitrogens with one attached hydrogen (secondary N) is 1. The van der Waals surface area contributed by atoms with E-state index in [9.17, 15) is 0 Å². The Bertz CT molecular complexity index is 232. The molecule has 1 unspecified atom stereocenters. The normalized spacial score (nSPS) is 29.7. The van der Waals surface area contributed by atoms with Crippen LogP contribution in [0.2, 0.25) is 0 Å². The molecule has 0 aromatic heterocycles. The molecule has 1 fully saturated rings. The van der Waals surface area contributed by atoms with E-state index in [1.165, 1.54) is 57.8 Å². The fourth-order valence-electron chi connectivity index (χ4n) is 3.65. The van der Waals surface area contributed by atoms with Crippen molar-refractivity contribution in [2.75, 3.05) is 14.1 Å². The molecular weight excluding hydrogens is 234 g/mol. The summed E-state index contributed by atoms with van der Waals surface area (Å²) >= 11 is 0. The van der Waals surface area contributed by atoms with Crippen LogP contribution in [0.1, 0.15) is 71.6 Å². The molecule has 0 aromatic rings. The second-order valence-corrected chi connectivity index (χ2v) is 6.75. The highest BCUT2D eigenvalue weighted by atomic mass is 15.3. The van der Waals surface area contributed by atoms with Gasteiger partial charge in [-0.15, -0.1) is 0 Å². The largest absolute Gasteiger partial charge is 0.302 e. The van der Waals surface area contributed by atoms with Crippen LogP contribution in [0.4, 0.5) is 0 Å². The van der Waals surface area contributed by atoms with E-state index < -0.39 is 0 Å². The van der Waals surface area contributed by atoms with Crippen molar-refractivity contribution in [2.24, 2.45) is 11.8 Å². The van der Waals surface area contributed by atoms with Crippen molar-refractivity contribution in [1.29, 1.82) is 0 Å². The zero-order valence-electron chi connectivity index (χ0n) is 13.5. The molecule has 1 saturated carbocycles. The topological polar surface area (TPSA) is 41.3 Å². The molecule has 1 aliphatic rings. The Labute approximate surface area is 120 Å². The Morgan fingerprint density at radius 2 is 1.84 bits per heavy atom. The standard InChI is InChI=1S/C16H35N3/c1-5-6-7-8-9-15(18-17)16(19(3)4)12-10-14(2)11-13-16/h14-15,18H,5-13,17H2,1-4H3. The van der Waals surface area contributed by atoms with Gasteiger partial charge < -0.3 is 4.90 Å². The predicted molar refractivity (Wildman–Crippen MR) is 83.9 cm³/mol. The highest BCUT2D eigenvalue weighted by molar-refractivity contribution is 5.00. The molecule has 0 amide bonds. The number of hydrazine groups is 1. The predicted octanol–water partition coefficient (Wildman–Crippen LogP) is 3.30. The first kappa shape index (κ1) is 16.9. The molecule has 0 saturated heterocycles. The molecular formula is C16H35N3. The molecule has 0 aliphatic heterocycles. The third-order valence-corrected chi connectivity index (χ3v) is 5.23. The lowest BCUT2D eigenvalue weighted by Gasteiger charge is -2.49. The average Bonchev–Trinajstić information content (AvgIpc) is 2.40. The number of hydrogen-bond donors (Lipinski definition) is 2. The maximum atomic E-state index is 5.90. The van der Waals surface area contributed by atoms with Gasteiger partial charge in [0.05, 0.1) is 0 Å². The van der Waals surface area contributed by atoms with Gasteiger partial charge in [0.1, 0.15) is 0 Å². The lowest BCUT2D eigenvalue weighted by atomic mass is 9.71. The molecule has 0 radical (unpaired) electrons. The number of hydrogen-bond acceptors (Lipinski definition) is 3. The zero-order valence-corrected chi connectivity index (χ0v) is 13.5. The van der Waals surface area contributed by atoms with E-state index in [0.717, 1.165) is 5.92 Å². The van der Waals surface area contributed by atoms with Crippen LogP contribution >= 0.6 is 0 Å². The summed E-state index contributed by atoms with van der Waals surface area (Å²) < 4.78 is 0. The molecule has 0 aromatic carbocycles. The SMILES string of the molecule is CCCCCCC(NN)C1(N(C)C)CCC(C)CC1. The first-order valence-electron chi connectivity index (χ1n) is 8.20. The van der Waals surface area contributed by atoms with E-state index in [0.29, 0.717) is 6.04 Å². The van der Waals surface area contributed by atoms with Crippen LogP contribution in [0, 0.1) is 5.92 Å². The molecule has 0 bridgehead atoms. The van der Waals surface area contributed by atoms with Gasteiger partial charge in [-0.05, 0) is 52.1 Å². The summed E-state index contributed by atoms with van der Waals surface area (Å²) in [5.41, 5.74) is 3.42. The van der Waals surface area contributed by atoms with Crippen molar-refractivity contribution < 1.29 is 0 Å². The molecule has 0 spiro atoms. The summed E-state index contributed by atoms with van der Waals surface area (Å²) in [6, 6.07) is 0.437. The molecule has 3 heteroatoms. The van der Waals surface area contributed by atoms with Gasteiger partial charge in [-0.3, -0.25) is 11.3 Å². The number of unbranched alkanes of at least 4 members (excludes halogenated alkanes) is 3. The Balaban J connectivity index is 2.61. The maximum Gasteiger partial charge on any atom is 0.0394 e. The summed E-state index contributed by atoms with van der Waals surface area (Å²) in [6.45, 7) is 4.65. The Kier molecular flexibility index (Phi) is 7.33. The van der Waals surface area contributed by atoms with E-state index in [1.807, 2.05) is 0 Å². The monoisotopic (exact) mass is 269 g/mol. The van der Waals surface area contributed by atoms with Crippen LogP contribution in [-0.2, 0) is 0 Å². The van der Waals surface area contributed by atoms with Crippen LogP contribution in [0.3, 0.4) is 0 Å². The Morgan fingerprint density at radius 3 is 2.32 bits per heavy atom. The first-order chi connectivity index (χ1) is 9.06. The minimum atomic E-state index is 0.271. The highest BCUT2D eigenvalue weighted by Gasteiger charge is 2.42. The van der Waals surface area contributed by atoms with Crippen molar-refractivity contribution in [3.63, 3.8) is 0 Å². The van der Waals surface area contributed by atoms with Crippen molar-refractivity contribution in [1.82, 2.24) is 10.3 Å². The zero-order chi connectivity index (χ0) is 14.3. The lowest BCUT2D eigenvalue weighted by molar-refractivity contribution is 0.0394. The summed E-state index contributed by atoms with van der Waals surface area (Å²) in [6.07, 6.45) is 11.7. The fraction of sp³-hybridized carbons (Fsp3) is 1.00. The first-order valence-corrected chi connectivity index (χ1v) is 8.20. The third-order valence-electron chi connectivity index (χ3n) is 5.23. The number of nitrogens with zero attached hydrogens (tertiary/aromatic N) is 1. The molecule has 19 heavy (non-hydrogen) atoms. The summed E-state index contributed by atoms with van der Waals surface area (Å²) in [4.78, 5) is 2.43. The number of likely N-dealkylation sites (N-methyl/N-ethyl adjacent to an activating group) is 1. The molecule has 1 atom stereocenters. The van der Waals surface area contributed by atoms with Crippen molar-refractivity contribution >= 4 is 0 Å². The maximum absolute atomic E-state index is 5.90. The lowest BCUT2D eigenvalue weighted by Crippen LogP contribution is -2.62. The minimum absolute atomic E-state index is 0.271. The average molecular weight is 269 g/mol. The smallest absolute Gasteiger partial charge is 0.0394 e. The van der Waals surface area contributed by atoms with Gasteiger partial charge in [0.15, 0.2) is 0 Å². The summed E-state index contributed by atoms with van der Waals surface area (Å²) in [7, 11) is 4.46. The van der Waals surface area contributed by atoms with E-state index in [4.69, 9.17) is 5.84 Å². The van der Waals surface area contributed by atoms with Gasteiger partial charge in [0.2, 0.25) is 0 Å².